The molecule has 1 aromatic rings. The van der Waals surface area contributed by atoms with Gasteiger partial charge in [-0.1, -0.05) is 18.9 Å². The fraction of sp³-hybridized carbons (Fsp3) is 0.647. The summed E-state index contributed by atoms with van der Waals surface area (Å²) in [6.07, 6.45) is 6.93. The highest BCUT2D eigenvalue weighted by atomic mass is 16.7. The van der Waals surface area contributed by atoms with E-state index in [1.165, 1.54) is 31.2 Å². The van der Waals surface area contributed by atoms with E-state index in [0.717, 1.165) is 24.3 Å². The Bertz CT molecular complexity index is 485. The van der Waals surface area contributed by atoms with Crippen LogP contribution in [-0.2, 0) is 6.42 Å². The molecule has 1 unspecified atom stereocenters. The van der Waals surface area contributed by atoms with Crippen LogP contribution in [0.25, 0.3) is 0 Å². The smallest absolute Gasteiger partial charge is 0.231 e. The van der Waals surface area contributed by atoms with Crippen molar-refractivity contribution in [3.63, 3.8) is 0 Å². The molecule has 3 rings (SSSR count). The van der Waals surface area contributed by atoms with Gasteiger partial charge in [-0.15, -0.1) is 0 Å². The van der Waals surface area contributed by atoms with Gasteiger partial charge in [0.2, 0.25) is 6.79 Å². The Morgan fingerprint density at radius 2 is 2.00 bits per heavy atom. The van der Waals surface area contributed by atoms with Crippen molar-refractivity contribution in [2.24, 2.45) is 0 Å². The summed E-state index contributed by atoms with van der Waals surface area (Å²) in [4.78, 5) is 0. The average molecular weight is 291 g/mol. The molecule has 1 atom stereocenters. The molecule has 0 saturated heterocycles. The fourth-order valence-electron chi connectivity index (χ4n) is 3.28. The van der Waals surface area contributed by atoms with E-state index in [-0.39, 0.29) is 12.1 Å². The van der Waals surface area contributed by atoms with Gasteiger partial charge in [0, 0.05) is 11.6 Å². The molecule has 4 heteroatoms. The number of benzene rings is 1. The number of hydrogen-bond acceptors (Lipinski definition) is 4. The minimum absolute atomic E-state index is 0.175. The molecule has 2 aliphatic rings. The number of ether oxygens (including phenoxy) is 2. The molecule has 21 heavy (non-hydrogen) atoms. The summed E-state index contributed by atoms with van der Waals surface area (Å²) in [6, 6.07) is 6.67. The number of aliphatic hydroxyl groups excluding tert-OH is 1. The second kappa shape index (κ2) is 6.24. The standard InChI is InChI=1S/C17H25NO3/c1-17(11-19,18-14-4-2-3-5-14)9-8-13-6-7-15-16(10-13)21-12-20-15/h6-7,10,14,18-19H,2-5,8-9,11-12H2,1H3. The van der Waals surface area contributed by atoms with Crippen molar-refractivity contribution in [1.29, 1.82) is 0 Å². The van der Waals surface area contributed by atoms with Gasteiger partial charge in [0.15, 0.2) is 11.5 Å². The van der Waals surface area contributed by atoms with Gasteiger partial charge in [-0.3, -0.25) is 0 Å². The van der Waals surface area contributed by atoms with Gasteiger partial charge in [-0.2, -0.15) is 0 Å². The topological polar surface area (TPSA) is 50.7 Å². The quantitative estimate of drug-likeness (QED) is 0.846. The molecule has 1 fully saturated rings. The van der Waals surface area contributed by atoms with Crippen LogP contribution in [0.4, 0.5) is 0 Å². The Morgan fingerprint density at radius 3 is 2.76 bits per heavy atom. The van der Waals surface area contributed by atoms with Crippen LogP contribution in [0.1, 0.15) is 44.6 Å². The molecule has 1 saturated carbocycles. The van der Waals surface area contributed by atoms with E-state index in [9.17, 15) is 5.11 Å². The maximum Gasteiger partial charge on any atom is 0.231 e. The van der Waals surface area contributed by atoms with Crippen LogP contribution in [0, 0.1) is 0 Å². The molecule has 0 bridgehead atoms. The van der Waals surface area contributed by atoms with Gasteiger partial charge >= 0.3 is 0 Å². The lowest BCUT2D eigenvalue weighted by atomic mass is 9.92. The molecular weight excluding hydrogens is 266 g/mol. The van der Waals surface area contributed by atoms with Crippen LogP contribution in [-0.4, -0.2) is 30.1 Å². The van der Waals surface area contributed by atoms with Crippen molar-refractivity contribution in [2.75, 3.05) is 13.4 Å². The highest BCUT2D eigenvalue weighted by Crippen LogP contribution is 2.33. The van der Waals surface area contributed by atoms with Crippen molar-refractivity contribution in [3.8, 4) is 11.5 Å². The van der Waals surface area contributed by atoms with Crippen LogP contribution in [0.2, 0.25) is 0 Å². The molecule has 0 radical (unpaired) electrons. The van der Waals surface area contributed by atoms with Crippen LogP contribution in [0.3, 0.4) is 0 Å². The lowest BCUT2D eigenvalue weighted by Gasteiger charge is -2.32. The Labute approximate surface area is 126 Å². The van der Waals surface area contributed by atoms with Gasteiger partial charge in [-0.25, -0.2) is 0 Å². The van der Waals surface area contributed by atoms with E-state index < -0.39 is 0 Å². The van der Waals surface area contributed by atoms with E-state index in [1.54, 1.807) is 0 Å². The summed E-state index contributed by atoms with van der Waals surface area (Å²) in [5.74, 6) is 1.66. The summed E-state index contributed by atoms with van der Waals surface area (Å²) < 4.78 is 10.8. The van der Waals surface area contributed by atoms with Crippen LogP contribution in [0.15, 0.2) is 18.2 Å². The van der Waals surface area contributed by atoms with E-state index in [2.05, 4.69) is 24.4 Å². The third-order valence-electron chi connectivity index (χ3n) is 4.66. The van der Waals surface area contributed by atoms with Crippen molar-refractivity contribution >= 4 is 0 Å². The van der Waals surface area contributed by atoms with Crippen molar-refractivity contribution < 1.29 is 14.6 Å². The predicted molar refractivity (Wildman–Crippen MR) is 81.8 cm³/mol. The van der Waals surface area contributed by atoms with E-state index in [4.69, 9.17) is 9.47 Å². The summed E-state index contributed by atoms with van der Waals surface area (Å²) in [6.45, 7) is 2.61. The Kier molecular flexibility index (Phi) is 4.36. The molecule has 1 aliphatic carbocycles. The number of nitrogens with one attached hydrogen (secondary N) is 1. The second-order valence-corrected chi connectivity index (χ2v) is 6.53. The zero-order valence-electron chi connectivity index (χ0n) is 12.7. The van der Waals surface area contributed by atoms with Crippen molar-refractivity contribution in [3.05, 3.63) is 23.8 Å². The van der Waals surface area contributed by atoms with Gasteiger partial charge in [0.1, 0.15) is 0 Å². The summed E-state index contributed by atoms with van der Waals surface area (Å²) >= 11 is 0. The molecular formula is C17H25NO3. The first kappa shape index (κ1) is 14.7. The summed E-state index contributed by atoms with van der Waals surface area (Å²) in [5, 5.41) is 13.4. The number of aryl methyl sites for hydroxylation is 1. The van der Waals surface area contributed by atoms with E-state index in [0.29, 0.717) is 12.8 Å². The minimum atomic E-state index is -0.203. The first-order chi connectivity index (χ1) is 10.2. The Hall–Kier alpha value is -1.26. The number of hydrogen-bond donors (Lipinski definition) is 2. The van der Waals surface area contributed by atoms with Crippen LogP contribution in [0.5, 0.6) is 11.5 Å². The SMILES string of the molecule is CC(CO)(CCc1ccc2c(c1)OCO2)NC1CCCC1. The lowest BCUT2D eigenvalue weighted by Crippen LogP contribution is -2.50. The van der Waals surface area contributed by atoms with E-state index >= 15 is 0 Å². The summed E-state index contributed by atoms with van der Waals surface area (Å²) in [5.41, 5.74) is 1.03. The highest BCUT2D eigenvalue weighted by molar-refractivity contribution is 5.44. The van der Waals surface area contributed by atoms with Gasteiger partial charge in [0.25, 0.3) is 0 Å². The van der Waals surface area contributed by atoms with Crippen molar-refractivity contribution in [1.82, 2.24) is 5.32 Å². The molecule has 4 nitrogen and oxygen atoms in total. The lowest BCUT2D eigenvalue weighted by molar-refractivity contribution is 0.152. The fourth-order valence-corrected chi connectivity index (χ4v) is 3.28. The molecule has 1 aliphatic heterocycles. The predicted octanol–water partition coefficient (Wildman–Crippen LogP) is 2.63. The first-order valence-corrected chi connectivity index (χ1v) is 7.96. The average Bonchev–Trinajstić information content (AvgIpc) is 3.15. The van der Waals surface area contributed by atoms with Crippen LogP contribution < -0.4 is 14.8 Å². The maximum absolute atomic E-state index is 9.77. The molecule has 116 valence electrons. The first-order valence-electron chi connectivity index (χ1n) is 7.96. The molecule has 0 spiro atoms. The zero-order valence-corrected chi connectivity index (χ0v) is 12.7. The summed E-state index contributed by atoms with van der Waals surface area (Å²) in [7, 11) is 0. The van der Waals surface area contributed by atoms with Gasteiger partial charge in [0.05, 0.1) is 6.61 Å². The van der Waals surface area contributed by atoms with Gasteiger partial charge < -0.3 is 19.9 Å². The molecule has 1 aromatic carbocycles. The third kappa shape index (κ3) is 3.50. The number of aliphatic hydroxyl groups is 1. The highest BCUT2D eigenvalue weighted by Gasteiger charge is 2.28. The number of fused-ring (bicyclic) bond motifs is 1. The maximum atomic E-state index is 9.77. The minimum Gasteiger partial charge on any atom is -0.454 e. The second-order valence-electron chi connectivity index (χ2n) is 6.53. The number of rotatable bonds is 6. The Balaban J connectivity index is 1.59. The van der Waals surface area contributed by atoms with Crippen LogP contribution >= 0.6 is 0 Å². The van der Waals surface area contributed by atoms with Gasteiger partial charge in [-0.05, 0) is 50.3 Å². The normalized spacial score (nSPS) is 20.7. The van der Waals surface area contributed by atoms with E-state index in [1.807, 2.05) is 6.07 Å². The molecule has 0 aromatic heterocycles. The Morgan fingerprint density at radius 1 is 1.24 bits per heavy atom. The molecule has 2 N–H and O–H groups in total. The third-order valence-corrected chi connectivity index (χ3v) is 4.66. The molecule has 1 heterocycles. The monoisotopic (exact) mass is 291 g/mol. The van der Waals surface area contributed by atoms with Crippen molar-refractivity contribution in [2.45, 2.75) is 57.0 Å². The molecule has 0 amide bonds. The largest absolute Gasteiger partial charge is 0.454 e. The zero-order chi connectivity index (χ0) is 14.7.